The van der Waals surface area contributed by atoms with Crippen molar-refractivity contribution >= 4 is 0 Å². The molecule has 1 aromatic rings. The zero-order valence-electron chi connectivity index (χ0n) is 6.25. The predicted octanol–water partition coefficient (Wildman–Crippen LogP) is 0.818. The van der Waals surface area contributed by atoms with Crippen LogP contribution in [0, 0.1) is 0 Å². The Kier molecular flexibility index (Phi) is 1.36. The Morgan fingerprint density at radius 1 is 1.36 bits per heavy atom. The maximum absolute atomic E-state index is 9.39. The highest BCUT2D eigenvalue weighted by Crippen LogP contribution is 2.28. The Hall–Kier alpha value is -1.02. The quantitative estimate of drug-likeness (QED) is 0.573. The van der Waals surface area contributed by atoms with Gasteiger partial charge in [-0.2, -0.15) is 0 Å². The van der Waals surface area contributed by atoms with E-state index in [1.807, 2.05) is 12.1 Å². The molecule has 3 N–H and O–H groups in total. The molecule has 2 heteroatoms. The molecule has 0 fully saturated rings. The number of phenols is 1. The second-order valence-corrected chi connectivity index (χ2v) is 3.08. The molecule has 0 saturated carbocycles. The Morgan fingerprint density at radius 2 is 2.18 bits per heavy atom. The van der Waals surface area contributed by atoms with Gasteiger partial charge in [-0.05, 0) is 30.0 Å². The highest BCUT2D eigenvalue weighted by molar-refractivity contribution is 5.43. The number of phenolic OH excluding ortho intramolecular Hbond substituents is 1. The van der Waals surface area contributed by atoms with E-state index in [1.165, 1.54) is 5.56 Å². The molecule has 0 saturated heterocycles. The van der Waals surface area contributed by atoms with E-state index < -0.39 is 0 Å². The van der Waals surface area contributed by atoms with Gasteiger partial charge in [-0.1, -0.05) is 12.1 Å². The van der Waals surface area contributed by atoms with E-state index in [0.717, 1.165) is 18.4 Å². The van der Waals surface area contributed by atoms with Gasteiger partial charge in [0.15, 0.2) is 0 Å². The van der Waals surface area contributed by atoms with Crippen LogP contribution in [0.2, 0.25) is 0 Å². The van der Waals surface area contributed by atoms with Gasteiger partial charge in [-0.25, -0.2) is 0 Å². The molecule has 0 amide bonds. The molecule has 58 valence electrons. The number of nitrogens with two attached hydrogens (primary N) is 1. The molecule has 0 heterocycles. The molecule has 0 bridgehead atoms. The van der Waals surface area contributed by atoms with Crippen molar-refractivity contribution in [1.29, 1.82) is 0 Å². The van der Waals surface area contributed by atoms with Crippen molar-refractivity contribution in [2.75, 3.05) is 0 Å². The van der Waals surface area contributed by atoms with Crippen LogP contribution in [-0.4, -0.2) is 11.1 Å². The van der Waals surface area contributed by atoms with Gasteiger partial charge in [0.1, 0.15) is 5.75 Å². The smallest absolute Gasteiger partial charge is 0.119 e. The fourth-order valence-corrected chi connectivity index (χ4v) is 1.66. The average molecular weight is 149 g/mol. The third-order valence-electron chi connectivity index (χ3n) is 2.20. The number of hydrogen-bond acceptors (Lipinski definition) is 2. The van der Waals surface area contributed by atoms with Gasteiger partial charge in [-0.3, -0.25) is 0 Å². The summed E-state index contributed by atoms with van der Waals surface area (Å²) < 4.78 is 0. The first-order valence-electron chi connectivity index (χ1n) is 3.82. The van der Waals surface area contributed by atoms with Crippen molar-refractivity contribution in [3.05, 3.63) is 29.3 Å². The van der Waals surface area contributed by atoms with E-state index >= 15 is 0 Å². The highest BCUT2D eigenvalue weighted by atomic mass is 16.3. The van der Waals surface area contributed by atoms with Gasteiger partial charge in [0.2, 0.25) is 0 Å². The van der Waals surface area contributed by atoms with Crippen LogP contribution in [0.25, 0.3) is 0 Å². The van der Waals surface area contributed by atoms with Gasteiger partial charge in [0.05, 0.1) is 0 Å². The number of rotatable bonds is 0. The number of fused-ring (bicyclic) bond motifs is 1. The second-order valence-electron chi connectivity index (χ2n) is 3.08. The van der Waals surface area contributed by atoms with Crippen LogP contribution in [0.5, 0.6) is 5.75 Å². The minimum atomic E-state index is 0.207. The van der Waals surface area contributed by atoms with Crippen LogP contribution < -0.4 is 5.73 Å². The summed E-state index contributed by atoms with van der Waals surface area (Å²) >= 11 is 0. The monoisotopic (exact) mass is 149 g/mol. The summed E-state index contributed by atoms with van der Waals surface area (Å²) in [4.78, 5) is 0. The lowest BCUT2D eigenvalue weighted by molar-refractivity contribution is 0.468. The summed E-state index contributed by atoms with van der Waals surface area (Å²) in [7, 11) is 0. The summed E-state index contributed by atoms with van der Waals surface area (Å²) in [6.07, 6.45) is 1.73. The van der Waals surface area contributed by atoms with Crippen LogP contribution >= 0.6 is 0 Å². The largest absolute Gasteiger partial charge is 0.508 e. The Morgan fingerprint density at radius 3 is 2.91 bits per heavy atom. The van der Waals surface area contributed by atoms with Crippen molar-refractivity contribution in [2.45, 2.75) is 18.9 Å². The van der Waals surface area contributed by atoms with E-state index in [1.54, 1.807) is 6.07 Å². The van der Waals surface area contributed by atoms with Crippen LogP contribution in [0.4, 0.5) is 0 Å². The normalized spacial score (nSPS) is 21.7. The van der Waals surface area contributed by atoms with Crippen molar-refractivity contribution in [3.8, 4) is 5.75 Å². The Balaban J connectivity index is 2.49. The lowest BCUT2D eigenvalue weighted by Crippen LogP contribution is -2.19. The fraction of sp³-hybridized carbons (Fsp3) is 0.333. The van der Waals surface area contributed by atoms with Gasteiger partial charge >= 0.3 is 0 Å². The van der Waals surface area contributed by atoms with Crippen LogP contribution in [0.3, 0.4) is 0 Å². The van der Waals surface area contributed by atoms with E-state index in [2.05, 4.69) is 0 Å². The summed E-state index contributed by atoms with van der Waals surface area (Å²) in [5.41, 5.74) is 7.99. The first-order chi connectivity index (χ1) is 5.27. The first kappa shape index (κ1) is 6.68. The third-order valence-corrected chi connectivity index (χ3v) is 2.20. The molecule has 0 unspecified atom stereocenters. The Labute approximate surface area is 65.7 Å². The van der Waals surface area contributed by atoms with Crippen molar-refractivity contribution in [2.24, 2.45) is 5.73 Å². The van der Waals surface area contributed by atoms with Crippen LogP contribution in [-0.2, 0) is 12.8 Å². The third kappa shape index (κ3) is 0.994. The highest BCUT2D eigenvalue weighted by Gasteiger charge is 2.19. The lowest BCUT2D eigenvalue weighted by atomic mass is 10.1. The number of hydrogen-bond donors (Lipinski definition) is 2. The zero-order chi connectivity index (χ0) is 7.84. The molecule has 2 rings (SSSR count). The molecule has 1 aliphatic carbocycles. The molecule has 1 aliphatic rings. The topological polar surface area (TPSA) is 46.2 Å². The molecular weight excluding hydrogens is 138 g/mol. The predicted molar refractivity (Wildman–Crippen MR) is 43.5 cm³/mol. The van der Waals surface area contributed by atoms with Crippen molar-refractivity contribution < 1.29 is 5.11 Å². The first-order valence-corrected chi connectivity index (χ1v) is 3.82. The minimum absolute atomic E-state index is 0.207. The van der Waals surface area contributed by atoms with Crippen molar-refractivity contribution in [1.82, 2.24) is 0 Å². The van der Waals surface area contributed by atoms with Gasteiger partial charge < -0.3 is 10.8 Å². The summed E-state index contributed by atoms with van der Waals surface area (Å²) in [5, 5.41) is 9.39. The summed E-state index contributed by atoms with van der Waals surface area (Å²) in [6.45, 7) is 0. The Bertz CT molecular complexity index is 283. The summed E-state index contributed by atoms with van der Waals surface area (Å²) in [5.74, 6) is 0.399. The molecule has 2 nitrogen and oxygen atoms in total. The molecule has 0 aromatic heterocycles. The summed E-state index contributed by atoms with van der Waals surface area (Å²) in [6, 6.07) is 5.82. The molecule has 0 spiro atoms. The van der Waals surface area contributed by atoms with Gasteiger partial charge in [-0.15, -0.1) is 0 Å². The lowest BCUT2D eigenvalue weighted by Gasteiger charge is -1.99. The van der Waals surface area contributed by atoms with Crippen LogP contribution in [0.15, 0.2) is 18.2 Å². The van der Waals surface area contributed by atoms with E-state index in [-0.39, 0.29) is 6.04 Å². The van der Waals surface area contributed by atoms with E-state index in [0.29, 0.717) is 5.75 Å². The van der Waals surface area contributed by atoms with Gasteiger partial charge in [0, 0.05) is 6.04 Å². The molecule has 11 heavy (non-hydrogen) atoms. The van der Waals surface area contributed by atoms with Gasteiger partial charge in [0.25, 0.3) is 0 Å². The molecule has 1 atom stereocenters. The molecular formula is C9H11NO. The minimum Gasteiger partial charge on any atom is -0.508 e. The number of benzene rings is 1. The zero-order valence-corrected chi connectivity index (χ0v) is 6.25. The van der Waals surface area contributed by atoms with E-state index in [4.69, 9.17) is 5.73 Å². The molecule has 0 aliphatic heterocycles. The van der Waals surface area contributed by atoms with Crippen molar-refractivity contribution in [3.63, 3.8) is 0 Å². The SMILES string of the molecule is N[C@H]1Cc2cccc(O)c2C1. The number of aromatic hydroxyl groups is 1. The maximum Gasteiger partial charge on any atom is 0.119 e. The molecule has 1 aromatic carbocycles. The second kappa shape index (κ2) is 2.24. The van der Waals surface area contributed by atoms with Crippen LogP contribution in [0.1, 0.15) is 11.1 Å². The van der Waals surface area contributed by atoms with E-state index in [9.17, 15) is 5.11 Å². The standard InChI is InChI=1S/C9H11NO/c10-7-4-6-2-1-3-9(11)8(6)5-7/h1-3,7,11H,4-5,10H2/t7-/m0/s1. The average Bonchev–Trinajstić information content (AvgIpc) is 2.31. The maximum atomic E-state index is 9.39. The molecule has 0 radical (unpaired) electrons. The fourth-order valence-electron chi connectivity index (χ4n) is 1.66.